The lowest BCUT2D eigenvalue weighted by atomic mass is 10.4. The van der Waals surface area contributed by atoms with Crippen molar-refractivity contribution in [3.8, 4) is 12.3 Å². The molecule has 0 saturated carbocycles. The summed E-state index contributed by atoms with van der Waals surface area (Å²) >= 11 is 1.63. The lowest BCUT2D eigenvalue weighted by molar-refractivity contribution is 0.953. The van der Waals surface area contributed by atoms with Crippen LogP contribution in [0.25, 0.3) is 0 Å². The summed E-state index contributed by atoms with van der Waals surface area (Å²) in [4.78, 5) is 4.15. The monoisotopic (exact) mass is 181 g/mol. The summed E-state index contributed by atoms with van der Waals surface area (Å²) in [5, 5.41) is 7.59. The average molecular weight is 181 g/mol. The van der Waals surface area contributed by atoms with Crippen LogP contribution in [0.5, 0.6) is 0 Å². The topological polar surface area (TPSA) is 41.6 Å². The highest BCUT2D eigenvalue weighted by Gasteiger charge is 1.98. The summed E-state index contributed by atoms with van der Waals surface area (Å²) < 4.78 is 0. The highest BCUT2D eigenvalue weighted by molar-refractivity contribution is 7.99. The van der Waals surface area contributed by atoms with Crippen molar-refractivity contribution in [1.29, 1.82) is 0 Å². The number of unbranched alkanes of at least 4 members (excludes halogenated alkanes) is 1. The van der Waals surface area contributed by atoms with Crippen molar-refractivity contribution in [2.75, 3.05) is 5.75 Å². The van der Waals surface area contributed by atoms with Gasteiger partial charge in [-0.15, -0.1) is 17.4 Å². The second-order valence-electron chi connectivity index (χ2n) is 2.36. The Bertz CT molecular complexity index is 274. The maximum Gasteiger partial charge on any atom is 0.208 e. The Morgan fingerprint density at radius 2 is 2.50 bits per heavy atom. The number of thioether (sulfide) groups is 1. The summed E-state index contributed by atoms with van der Waals surface area (Å²) in [7, 11) is 0. The van der Waals surface area contributed by atoms with E-state index in [0.29, 0.717) is 0 Å². The zero-order valence-electron chi connectivity index (χ0n) is 7.00. The van der Waals surface area contributed by atoms with Gasteiger partial charge in [0, 0.05) is 12.2 Å². The van der Waals surface area contributed by atoms with Crippen molar-refractivity contribution >= 4 is 11.8 Å². The van der Waals surface area contributed by atoms with Gasteiger partial charge in [0.05, 0.1) is 0 Å². The van der Waals surface area contributed by atoms with Crippen LogP contribution in [-0.4, -0.2) is 20.9 Å². The Balaban J connectivity index is 2.21. The number of hydrogen-bond acceptors (Lipinski definition) is 3. The number of rotatable bonds is 4. The number of nitrogens with one attached hydrogen (secondary N) is 1. The number of aromatic amines is 1. The fourth-order valence-corrected chi connectivity index (χ4v) is 1.51. The molecule has 12 heavy (non-hydrogen) atoms. The van der Waals surface area contributed by atoms with Crippen LogP contribution in [-0.2, 0) is 0 Å². The molecule has 0 saturated heterocycles. The molecule has 0 aliphatic carbocycles. The third kappa shape index (κ3) is 2.97. The first kappa shape index (κ1) is 9.14. The van der Waals surface area contributed by atoms with Gasteiger partial charge < -0.3 is 0 Å². The van der Waals surface area contributed by atoms with Crippen LogP contribution in [0.3, 0.4) is 0 Å². The molecule has 0 unspecified atom stereocenters. The van der Waals surface area contributed by atoms with E-state index >= 15 is 0 Å². The summed E-state index contributed by atoms with van der Waals surface area (Å²) in [5.74, 6) is 4.44. The molecule has 0 radical (unpaired) electrons. The number of aromatic nitrogens is 3. The molecule has 64 valence electrons. The minimum atomic E-state index is 0.810. The summed E-state index contributed by atoms with van der Waals surface area (Å²) in [5.41, 5.74) is 0. The van der Waals surface area contributed by atoms with Crippen LogP contribution in [0.1, 0.15) is 18.7 Å². The zero-order chi connectivity index (χ0) is 8.81. The Labute approximate surface area is 76.4 Å². The molecule has 0 amide bonds. The van der Waals surface area contributed by atoms with E-state index in [1.165, 1.54) is 0 Å². The summed E-state index contributed by atoms with van der Waals surface area (Å²) in [6.45, 7) is 1.89. The second-order valence-corrected chi connectivity index (χ2v) is 3.42. The molecule has 1 N–H and O–H groups in total. The highest BCUT2D eigenvalue weighted by atomic mass is 32.2. The molecular formula is C8H11N3S. The van der Waals surface area contributed by atoms with Gasteiger partial charge in [-0.05, 0) is 13.3 Å². The van der Waals surface area contributed by atoms with E-state index in [4.69, 9.17) is 6.42 Å². The predicted molar refractivity (Wildman–Crippen MR) is 49.9 cm³/mol. The molecule has 0 aromatic carbocycles. The van der Waals surface area contributed by atoms with Gasteiger partial charge in [0.25, 0.3) is 0 Å². The molecule has 0 atom stereocenters. The standard InChI is InChI=1S/C8H11N3S/c1-3-4-5-6-12-8-9-7(2)10-11-8/h1H,4-6H2,2H3,(H,9,10,11). The smallest absolute Gasteiger partial charge is 0.208 e. The first-order valence-electron chi connectivity index (χ1n) is 3.78. The van der Waals surface area contributed by atoms with Gasteiger partial charge >= 0.3 is 0 Å². The first-order chi connectivity index (χ1) is 5.83. The van der Waals surface area contributed by atoms with Crippen molar-refractivity contribution in [2.24, 2.45) is 0 Å². The van der Waals surface area contributed by atoms with E-state index in [1.807, 2.05) is 6.92 Å². The largest absolute Gasteiger partial charge is 0.262 e. The normalized spacial score (nSPS) is 9.67. The Morgan fingerprint density at radius 1 is 1.67 bits per heavy atom. The Morgan fingerprint density at radius 3 is 3.08 bits per heavy atom. The van der Waals surface area contributed by atoms with Crippen LogP contribution in [0.4, 0.5) is 0 Å². The fourth-order valence-electron chi connectivity index (χ4n) is 0.724. The Kier molecular flexibility index (Phi) is 3.68. The van der Waals surface area contributed by atoms with Crippen molar-refractivity contribution in [2.45, 2.75) is 24.9 Å². The van der Waals surface area contributed by atoms with Gasteiger partial charge in [0.2, 0.25) is 5.16 Å². The SMILES string of the molecule is C#CCCCSc1n[nH]c(C)n1. The molecule has 1 aromatic rings. The van der Waals surface area contributed by atoms with Gasteiger partial charge in [-0.3, -0.25) is 5.10 Å². The minimum Gasteiger partial charge on any atom is -0.262 e. The van der Waals surface area contributed by atoms with Crippen molar-refractivity contribution in [3.05, 3.63) is 5.82 Å². The molecule has 0 bridgehead atoms. The lowest BCUT2D eigenvalue weighted by Crippen LogP contribution is -1.80. The molecule has 1 aromatic heterocycles. The van der Waals surface area contributed by atoms with Crippen LogP contribution in [0.15, 0.2) is 5.16 Å². The van der Waals surface area contributed by atoms with Crippen LogP contribution in [0, 0.1) is 19.3 Å². The van der Waals surface area contributed by atoms with Gasteiger partial charge in [-0.1, -0.05) is 11.8 Å². The molecule has 3 nitrogen and oxygen atoms in total. The number of aryl methyl sites for hydroxylation is 1. The third-order valence-corrected chi connectivity index (χ3v) is 2.21. The van der Waals surface area contributed by atoms with Gasteiger partial charge in [0.15, 0.2) is 0 Å². The summed E-state index contributed by atoms with van der Waals surface area (Å²) in [6.07, 6.45) is 6.97. The van der Waals surface area contributed by atoms with Gasteiger partial charge in [-0.25, -0.2) is 4.98 Å². The van der Waals surface area contributed by atoms with E-state index in [9.17, 15) is 0 Å². The van der Waals surface area contributed by atoms with Gasteiger partial charge in [-0.2, -0.15) is 0 Å². The van der Waals surface area contributed by atoms with E-state index in [-0.39, 0.29) is 0 Å². The molecule has 1 heterocycles. The number of nitrogens with zero attached hydrogens (tertiary/aromatic N) is 2. The van der Waals surface area contributed by atoms with Crippen LogP contribution in [0.2, 0.25) is 0 Å². The molecular weight excluding hydrogens is 170 g/mol. The van der Waals surface area contributed by atoms with Crippen LogP contribution < -0.4 is 0 Å². The molecule has 4 heteroatoms. The molecule has 0 aliphatic rings. The number of hydrogen-bond donors (Lipinski definition) is 1. The molecule has 1 rings (SSSR count). The molecule has 0 spiro atoms. The minimum absolute atomic E-state index is 0.810. The molecule has 0 fully saturated rings. The van der Waals surface area contributed by atoms with Gasteiger partial charge in [0.1, 0.15) is 5.82 Å². The first-order valence-corrected chi connectivity index (χ1v) is 4.77. The predicted octanol–water partition coefficient (Wildman–Crippen LogP) is 1.62. The second kappa shape index (κ2) is 4.83. The van der Waals surface area contributed by atoms with E-state index in [2.05, 4.69) is 21.1 Å². The third-order valence-electron chi connectivity index (χ3n) is 1.27. The number of terminal acetylenes is 1. The maximum atomic E-state index is 5.12. The van der Waals surface area contributed by atoms with Crippen molar-refractivity contribution in [1.82, 2.24) is 15.2 Å². The van der Waals surface area contributed by atoms with Crippen molar-refractivity contribution in [3.63, 3.8) is 0 Å². The lowest BCUT2D eigenvalue weighted by Gasteiger charge is -1.91. The maximum absolute atomic E-state index is 5.12. The van der Waals surface area contributed by atoms with E-state index in [1.54, 1.807) is 11.8 Å². The van der Waals surface area contributed by atoms with E-state index in [0.717, 1.165) is 29.6 Å². The van der Waals surface area contributed by atoms with Crippen LogP contribution >= 0.6 is 11.8 Å². The Hall–Kier alpha value is -0.950. The molecule has 0 aliphatic heterocycles. The zero-order valence-corrected chi connectivity index (χ0v) is 7.82. The average Bonchev–Trinajstić information content (AvgIpc) is 2.45. The highest BCUT2D eigenvalue weighted by Crippen LogP contribution is 2.13. The number of H-pyrrole nitrogens is 1. The quantitative estimate of drug-likeness (QED) is 0.436. The fraction of sp³-hybridized carbons (Fsp3) is 0.500. The summed E-state index contributed by atoms with van der Waals surface area (Å²) in [6, 6.07) is 0. The van der Waals surface area contributed by atoms with E-state index < -0.39 is 0 Å². The van der Waals surface area contributed by atoms with Crippen molar-refractivity contribution < 1.29 is 0 Å².